The van der Waals surface area contributed by atoms with E-state index >= 15 is 0 Å². The first kappa shape index (κ1) is 30.9. The maximum Gasteiger partial charge on any atom is 0.220 e. The first-order valence-electron chi connectivity index (χ1n) is 13.4. The van der Waals surface area contributed by atoms with Crippen LogP contribution in [0.5, 0.6) is 0 Å². The Hall–Kier alpha value is -1.14. The highest BCUT2D eigenvalue weighted by molar-refractivity contribution is 5.76. The molecule has 0 bridgehead atoms. The first-order chi connectivity index (χ1) is 15.7. The molecule has 2 N–H and O–H groups in total. The van der Waals surface area contributed by atoms with Crippen molar-refractivity contribution >= 4 is 11.8 Å². The number of hydrogen-bond acceptors (Lipinski definition) is 4. The molecular formula is C26H52N2O4. The van der Waals surface area contributed by atoms with Gasteiger partial charge in [0.05, 0.1) is 26.4 Å². The summed E-state index contributed by atoms with van der Waals surface area (Å²) in [6, 6.07) is 0. The van der Waals surface area contributed by atoms with Crippen molar-refractivity contribution in [2.45, 2.75) is 117 Å². The van der Waals surface area contributed by atoms with E-state index in [4.69, 9.17) is 9.47 Å². The van der Waals surface area contributed by atoms with E-state index in [1.807, 2.05) is 6.92 Å². The maximum atomic E-state index is 11.8. The van der Waals surface area contributed by atoms with Gasteiger partial charge in [-0.15, -0.1) is 0 Å². The van der Waals surface area contributed by atoms with Gasteiger partial charge in [-0.3, -0.25) is 9.59 Å². The van der Waals surface area contributed by atoms with E-state index in [0.29, 0.717) is 52.4 Å². The molecular weight excluding hydrogens is 404 g/mol. The largest absolute Gasteiger partial charge is 0.377 e. The lowest BCUT2D eigenvalue weighted by molar-refractivity contribution is -0.122. The number of unbranched alkanes of at least 4 members (excludes halogenated alkanes) is 12. The lowest BCUT2D eigenvalue weighted by Gasteiger charge is -2.08. The van der Waals surface area contributed by atoms with Crippen LogP contribution in [-0.4, -0.2) is 51.3 Å². The molecule has 0 rings (SSSR count). The van der Waals surface area contributed by atoms with Crippen molar-refractivity contribution < 1.29 is 19.1 Å². The Balaban J connectivity index is 3.19. The molecule has 0 heterocycles. The van der Waals surface area contributed by atoms with E-state index in [1.54, 1.807) is 0 Å². The van der Waals surface area contributed by atoms with Gasteiger partial charge in [0.15, 0.2) is 0 Å². The van der Waals surface area contributed by atoms with Crippen molar-refractivity contribution in [2.75, 3.05) is 39.5 Å². The predicted molar refractivity (Wildman–Crippen MR) is 133 cm³/mol. The quantitative estimate of drug-likeness (QED) is 0.177. The van der Waals surface area contributed by atoms with Gasteiger partial charge in [-0.2, -0.15) is 0 Å². The predicted octanol–water partition coefficient (Wildman–Crippen LogP) is 5.53. The molecule has 0 atom stereocenters. The van der Waals surface area contributed by atoms with Gasteiger partial charge in [0.2, 0.25) is 11.8 Å². The van der Waals surface area contributed by atoms with Crippen molar-refractivity contribution in [3.8, 4) is 0 Å². The lowest BCUT2D eigenvalue weighted by atomic mass is 10.0. The zero-order valence-corrected chi connectivity index (χ0v) is 21.2. The second kappa shape index (κ2) is 26.1. The average molecular weight is 457 g/mol. The molecule has 0 spiro atoms. The Kier molecular flexibility index (Phi) is 25.2. The molecule has 0 unspecified atom stereocenters. The number of nitrogens with one attached hydrogen (secondary N) is 2. The van der Waals surface area contributed by atoms with Crippen molar-refractivity contribution in [1.82, 2.24) is 10.6 Å². The number of carbonyl (C=O) groups is 2. The van der Waals surface area contributed by atoms with Crippen LogP contribution in [0.3, 0.4) is 0 Å². The molecule has 0 aliphatic rings. The third kappa shape index (κ3) is 25.1. The Bertz CT molecular complexity index is 419. The van der Waals surface area contributed by atoms with E-state index in [0.717, 1.165) is 19.3 Å². The molecule has 0 radical (unpaired) electrons. The average Bonchev–Trinajstić information content (AvgIpc) is 2.78. The summed E-state index contributed by atoms with van der Waals surface area (Å²) >= 11 is 0. The topological polar surface area (TPSA) is 76.7 Å². The van der Waals surface area contributed by atoms with Gasteiger partial charge in [0.25, 0.3) is 0 Å². The van der Waals surface area contributed by atoms with Crippen LogP contribution >= 0.6 is 0 Å². The molecule has 0 aromatic carbocycles. The summed E-state index contributed by atoms with van der Waals surface area (Å²) in [6.45, 7) is 7.32. The summed E-state index contributed by atoms with van der Waals surface area (Å²) in [7, 11) is 0. The van der Waals surface area contributed by atoms with Crippen LogP contribution in [0.4, 0.5) is 0 Å². The molecule has 0 saturated carbocycles. The third-order valence-electron chi connectivity index (χ3n) is 5.49. The second-order valence-corrected chi connectivity index (χ2v) is 8.67. The van der Waals surface area contributed by atoms with E-state index in [-0.39, 0.29) is 11.8 Å². The van der Waals surface area contributed by atoms with Crippen LogP contribution in [0.2, 0.25) is 0 Å². The van der Waals surface area contributed by atoms with Crippen LogP contribution in [0.25, 0.3) is 0 Å². The molecule has 0 aromatic rings. The standard InChI is InChI=1S/C26H52N2O4/c1-3-5-6-7-8-9-10-11-12-13-14-15-16-18-26(30)28-20-22-32-24-23-31-21-19-27-25(29)17-4-2/h3-24H2,1-2H3,(H,27,29)(H,28,30). The minimum atomic E-state index is 0.0712. The molecule has 32 heavy (non-hydrogen) atoms. The fraction of sp³-hybridized carbons (Fsp3) is 0.923. The zero-order chi connectivity index (χ0) is 23.5. The third-order valence-corrected chi connectivity index (χ3v) is 5.49. The van der Waals surface area contributed by atoms with Crippen molar-refractivity contribution in [3.63, 3.8) is 0 Å². The highest BCUT2D eigenvalue weighted by Crippen LogP contribution is 2.12. The number of amides is 2. The Morgan fingerprint density at radius 3 is 1.34 bits per heavy atom. The van der Waals surface area contributed by atoms with E-state index in [2.05, 4.69) is 17.6 Å². The van der Waals surface area contributed by atoms with Crippen molar-refractivity contribution in [2.24, 2.45) is 0 Å². The number of rotatable bonds is 25. The van der Waals surface area contributed by atoms with Gasteiger partial charge in [-0.25, -0.2) is 0 Å². The van der Waals surface area contributed by atoms with Gasteiger partial charge in [-0.05, 0) is 12.8 Å². The SMILES string of the molecule is CCCCCCCCCCCCCCCC(=O)NCCOCCOCCNC(=O)CCC. The van der Waals surface area contributed by atoms with Crippen LogP contribution in [-0.2, 0) is 19.1 Å². The molecule has 0 aliphatic carbocycles. The van der Waals surface area contributed by atoms with Crippen LogP contribution in [0.15, 0.2) is 0 Å². The van der Waals surface area contributed by atoms with E-state index < -0.39 is 0 Å². The molecule has 0 fully saturated rings. The zero-order valence-electron chi connectivity index (χ0n) is 21.2. The molecule has 2 amide bonds. The molecule has 0 aromatic heterocycles. The number of carbonyl (C=O) groups excluding carboxylic acids is 2. The minimum Gasteiger partial charge on any atom is -0.377 e. The fourth-order valence-electron chi connectivity index (χ4n) is 3.55. The first-order valence-corrected chi connectivity index (χ1v) is 13.4. The summed E-state index contributed by atoms with van der Waals surface area (Å²) in [4.78, 5) is 23.1. The van der Waals surface area contributed by atoms with Gasteiger partial charge >= 0.3 is 0 Å². The Morgan fingerprint density at radius 1 is 0.500 bits per heavy atom. The van der Waals surface area contributed by atoms with Crippen LogP contribution < -0.4 is 10.6 Å². The summed E-state index contributed by atoms with van der Waals surface area (Å²) in [6.07, 6.45) is 19.2. The maximum absolute atomic E-state index is 11.8. The number of hydrogen-bond donors (Lipinski definition) is 2. The molecule has 6 heteroatoms. The molecule has 6 nitrogen and oxygen atoms in total. The smallest absolute Gasteiger partial charge is 0.220 e. The molecule has 190 valence electrons. The second-order valence-electron chi connectivity index (χ2n) is 8.67. The van der Waals surface area contributed by atoms with Gasteiger partial charge in [-0.1, -0.05) is 90.9 Å². The molecule has 0 saturated heterocycles. The highest BCUT2D eigenvalue weighted by atomic mass is 16.5. The highest BCUT2D eigenvalue weighted by Gasteiger charge is 2.01. The van der Waals surface area contributed by atoms with Gasteiger partial charge in [0, 0.05) is 25.9 Å². The van der Waals surface area contributed by atoms with Crippen LogP contribution in [0, 0.1) is 0 Å². The van der Waals surface area contributed by atoms with Gasteiger partial charge in [0.1, 0.15) is 0 Å². The van der Waals surface area contributed by atoms with E-state index in [1.165, 1.54) is 70.6 Å². The van der Waals surface area contributed by atoms with Crippen molar-refractivity contribution in [1.29, 1.82) is 0 Å². The van der Waals surface area contributed by atoms with E-state index in [9.17, 15) is 9.59 Å². The molecule has 0 aliphatic heterocycles. The lowest BCUT2D eigenvalue weighted by Crippen LogP contribution is -2.28. The monoisotopic (exact) mass is 456 g/mol. The summed E-state index contributed by atoms with van der Waals surface area (Å²) in [5.41, 5.74) is 0. The minimum absolute atomic E-state index is 0.0712. The number of ether oxygens (including phenoxy) is 2. The van der Waals surface area contributed by atoms with Gasteiger partial charge < -0.3 is 20.1 Å². The fourth-order valence-corrected chi connectivity index (χ4v) is 3.55. The summed E-state index contributed by atoms with van der Waals surface area (Å²) < 4.78 is 10.8. The Labute approximate surface area is 198 Å². The Morgan fingerprint density at radius 2 is 0.906 bits per heavy atom. The summed E-state index contributed by atoms with van der Waals surface area (Å²) in [5, 5.41) is 5.71. The summed E-state index contributed by atoms with van der Waals surface area (Å²) in [5.74, 6) is 0.192. The normalized spacial score (nSPS) is 10.9. The van der Waals surface area contributed by atoms with Crippen molar-refractivity contribution in [3.05, 3.63) is 0 Å². The van der Waals surface area contributed by atoms with Crippen LogP contribution in [0.1, 0.15) is 117 Å².